The average molecular weight is 739 g/mol. The zero-order valence-corrected chi connectivity index (χ0v) is 31.9. The van der Waals surface area contributed by atoms with Crippen LogP contribution in [0.15, 0.2) is 122 Å². The first-order chi connectivity index (χ1) is 26.3. The minimum atomic E-state index is -2.78. The molecule has 262 valence electrons. The summed E-state index contributed by atoms with van der Waals surface area (Å²) in [5, 5.41) is 9.10. The summed E-state index contributed by atoms with van der Waals surface area (Å²) in [5.41, 5.74) is 11.5. The number of benzene rings is 6. The lowest BCUT2D eigenvalue weighted by molar-refractivity contribution is 0.195. The predicted octanol–water partition coefficient (Wildman–Crippen LogP) is 12.1. The van der Waals surface area contributed by atoms with Gasteiger partial charge in [0.2, 0.25) is 5.88 Å². The first kappa shape index (κ1) is 30.1. The van der Waals surface area contributed by atoms with Crippen molar-refractivity contribution in [1.29, 1.82) is 0 Å². The largest absolute Gasteiger partial charge is 0.456 e. The van der Waals surface area contributed by atoms with Gasteiger partial charge in [0.1, 0.15) is 22.3 Å². The summed E-state index contributed by atoms with van der Waals surface area (Å²) in [6, 6.07) is 36.3. The molecule has 3 unspecified atom stereocenters. The molecular formula is C47H35N2O3PS. The van der Waals surface area contributed by atoms with Crippen LogP contribution in [0.25, 0.3) is 54.8 Å². The van der Waals surface area contributed by atoms with Gasteiger partial charge in [-0.3, -0.25) is 4.90 Å². The van der Waals surface area contributed by atoms with E-state index in [9.17, 15) is 0 Å². The van der Waals surface area contributed by atoms with Crippen molar-refractivity contribution in [3.63, 3.8) is 0 Å². The van der Waals surface area contributed by atoms with Crippen molar-refractivity contribution < 1.29 is 13.3 Å². The summed E-state index contributed by atoms with van der Waals surface area (Å²) in [6.07, 6.45) is 4.65. The van der Waals surface area contributed by atoms with Crippen LogP contribution >= 0.6 is 6.04 Å². The number of rotatable bonds is 1. The Kier molecular flexibility index (Phi) is 5.39. The first-order valence-corrected chi connectivity index (χ1v) is 21.9. The van der Waals surface area contributed by atoms with Gasteiger partial charge >= 0.3 is 0 Å². The fourth-order valence-corrected chi connectivity index (χ4v) is 16.1. The molecule has 0 amide bonds. The molecule has 3 aromatic heterocycles. The molecule has 13 rings (SSSR count). The van der Waals surface area contributed by atoms with Crippen LogP contribution < -0.4 is 25.7 Å². The Morgan fingerprint density at radius 1 is 0.630 bits per heavy atom. The van der Waals surface area contributed by atoms with E-state index in [1.54, 1.807) is 0 Å². The van der Waals surface area contributed by atoms with Gasteiger partial charge in [0.25, 0.3) is 0 Å². The van der Waals surface area contributed by atoms with E-state index < -0.39 is 6.04 Å². The molecule has 3 aliphatic heterocycles. The van der Waals surface area contributed by atoms with Gasteiger partial charge < -0.3 is 18.2 Å². The highest BCUT2D eigenvalue weighted by atomic mass is 32.4. The number of aryl methyl sites for hydroxylation is 1. The van der Waals surface area contributed by atoms with Crippen LogP contribution in [0.3, 0.4) is 0 Å². The molecule has 0 bridgehead atoms. The molecule has 1 fully saturated rings. The molecule has 5 nitrogen and oxygen atoms in total. The maximum Gasteiger partial charge on any atom is 0.214 e. The van der Waals surface area contributed by atoms with Gasteiger partial charge in [-0.1, -0.05) is 92.2 Å². The number of nitrogens with zero attached hydrogens (tertiary/aromatic N) is 2. The third kappa shape index (κ3) is 3.27. The lowest BCUT2D eigenvalue weighted by Crippen LogP contribution is -2.57. The molecule has 4 aliphatic rings. The Morgan fingerprint density at radius 3 is 2.09 bits per heavy atom. The zero-order chi connectivity index (χ0) is 35.9. The Labute approximate surface area is 316 Å². The molecule has 0 radical (unpaired) electrons. The molecule has 9 aromatic rings. The lowest BCUT2D eigenvalue weighted by Gasteiger charge is -2.52. The van der Waals surface area contributed by atoms with Crippen LogP contribution in [-0.4, -0.2) is 5.54 Å². The van der Waals surface area contributed by atoms with Crippen LogP contribution in [0, 0.1) is 6.92 Å². The van der Waals surface area contributed by atoms with Crippen LogP contribution in [-0.2, 0) is 17.2 Å². The monoisotopic (exact) mass is 738 g/mol. The Hall–Kier alpha value is -5.29. The number of hydrogen-bond acceptors (Lipinski definition) is 6. The fourth-order valence-electron chi connectivity index (χ4n) is 11.1. The zero-order valence-electron chi connectivity index (χ0n) is 30.2. The molecule has 3 atom stereocenters. The van der Waals surface area contributed by atoms with Crippen molar-refractivity contribution in [2.75, 3.05) is 9.80 Å². The van der Waals surface area contributed by atoms with Gasteiger partial charge in [0.15, 0.2) is 5.58 Å². The maximum absolute atomic E-state index is 7.49. The standard InChI is InChI=1S/C47H35N2O3PS/c1-26-22-33-40-39(23-26)53(54)43-30-14-6-9-17-37(30)52-45(43)48(27-18-19-38-31(24-27)28-12-4-7-15-35(28)50-38)34-25-32-29-13-5-8-16-36(29)51-42(32)41(44(34)53)49(40)47(3)21-11-10-20-46(33,47)2/h4-9,12-19,22-25H,10-11,20-21H2,1-3H3. The van der Waals surface area contributed by atoms with E-state index in [1.165, 1.54) is 40.3 Å². The van der Waals surface area contributed by atoms with E-state index in [2.05, 4.69) is 128 Å². The van der Waals surface area contributed by atoms with Gasteiger partial charge in [-0.05, 0) is 86.3 Å². The van der Waals surface area contributed by atoms with Gasteiger partial charge in [0.05, 0.1) is 33.9 Å². The Balaban J connectivity index is 1.26. The molecule has 7 heteroatoms. The number of para-hydroxylation sites is 3. The van der Waals surface area contributed by atoms with Gasteiger partial charge in [-0.2, -0.15) is 0 Å². The normalized spacial score (nSPS) is 23.8. The number of fused-ring (bicyclic) bond motifs is 16. The Bertz CT molecular complexity index is 3240. The SMILES string of the molecule is Cc1cc2c3c(c1)P1(=S)c4c(cc5c(oc6ccccc65)c4N3C3(C)CCCCC23C)N(c2ccc3oc4ccccc4c3c2)c2oc3ccccc3c21. The van der Waals surface area contributed by atoms with E-state index in [-0.39, 0.29) is 11.0 Å². The van der Waals surface area contributed by atoms with E-state index in [0.29, 0.717) is 0 Å². The Morgan fingerprint density at radius 2 is 1.30 bits per heavy atom. The highest BCUT2D eigenvalue weighted by Crippen LogP contribution is 2.70. The maximum atomic E-state index is 7.49. The van der Waals surface area contributed by atoms with Crippen molar-refractivity contribution in [2.45, 2.75) is 57.4 Å². The van der Waals surface area contributed by atoms with Crippen molar-refractivity contribution in [3.05, 3.63) is 120 Å². The molecule has 1 saturated carbocycles. The van der Waals surface area contributed by atoms with Crippen LogP contribution in [0.2, 0.25) is 0 Å². The van der Waals surface area contributed by atoms with Crippen molar-refractivity contribution >= 4 is 117 Å². The lowest BCUT2D eigenvalue weighted by atomic mass is 9.61. The topological polar surface area (TPSA) is 45.9 Å². The molecule has 0 spiro atoms. The summed E-state index contributed by atoms with van der Waals surface area (Å²) < 4.78 is 20.5. The second kappa shape index (κ2) is 9.68. The third-order valence-corrected chi connectivity index (χ3v) is 18.6. The van der Waals surface area contributed by atoms with E-state index >= 15 is 0 Å². The van der Waals surface area contributed by atoms with Crippen molar-refractivity contribution in [2.24, 2.45) is 0 Å². The highest BCUT2D eigenvalue weighted by molar-refractivity contribution is 8.26. The fraction of sp³-hybridized carbons (Fsp3) is 0.191. The first-order valence-electron chi connectivity index (χ1n) is 19.1. The highest BCUT2D eigenvalue weighted by Gasteiger charge is 2.63. The molecule has 0 N–H and O–H groups in total. The second-order valence-corrected chi connectivity index (χ2v) is 20.6. The van der Waals surface area contributed by atoms with E-state index in [1.807, 2.05) is 12.1 Å². The molecule has 54 heavy (non-hydrogen) atoms. The molecule has 0 saturated heterocycles. The molecule has 6 heterocycles. The van der Waals surface area contributed by atoms with Crippen LogP contribution in [0.4, 0.5) is 28.6 Å². The summed E-state index contributed by atoms with van der Waals surface area (Å²) >= 11 is 7.49. The van der Waals surface area contributed by atoms with Gasteiger partial charge in [-0.15, -0.1) is 0 Å². The average Bonchev–Trinajstić information content (AvgIpc) is 3.91. The van der Waals surface area contributed by atoms with Crippen LogP contribution in [0.5, 0.6) is 0 Å². The van der Waals surface area contributed by atoms with E-state index in [0.717, 1.165) is 95.9 Å². The third-order valence-electron chi connectivity index (χ3n) is 13.7. The summed E-state index contributed by atoms with van der Waals surface area (Å²) in [4.78, 5) is 5.10. The quantitative estimate of drug-likeness (QED) is 0.156. The van der Waals surface area contributed by atoms with Crippen molar-refractivity contribution in [3.8, 4) is 0 Å². The number of hydrogen-bond donors (Lipinski definition) is 0. The summed E-state index contributed by atoms with van der Waals surface area (Å²) in [7, 11) is 0. The molecule has 1 aliphatic carbocycles. The summed E-state index contributed by atoms with van der Waals surface area (Å²) in [6.45, 7) is 7.31. The molecule has 6 aromatic carbocycles. The molecular weight excluding hydrogens is 704 g/mol. The smallest absolute Gasteiger partial charge is 0.214 e. The summed E-state index contributed by atoms with van der Waals surface area (Å²) in [5.74, 6) is 0.814. The minimum Gasteiger partial charge on any atom is -0.456 e. The predicted molar refractivity (Wildman–Crippen MR) is 226 cm³/mol. The van der Waals surface area contributed by atoms with Crippen molar-refractivity contribution in [1.82, 2.24) is 0 Å². The van der Waals surface area contributed by atoms with Gasteiger partial charge in [0, 0.05) is 48.6 Å². The second-order valence-electron chi connectivity index (χ2n) is 16.4. The van der Waals surface area contributed by atoms with E-state index in [4.69, 9.17) is 25.1 Å². The van der Waals surface area contributed by atoms with Gasteiger partial charge in [-0.25, -0.2) is 0 Å². The van der Waals surface area contributed by atoms with Crippen LogP contribution in [0.1, 0.15) is 50.7 Å². The number of furan rings is 3. The number of anilines is 5. The minimum absolute atomic E-state index is 0.0557.